The highest BCUT2D eigenvalue weighted by Crippen LogP contribution is 1.95. The van der Waals surface area contributed by atoms with E-state index in [9.17, 15) is 9.18 Å². The van der Waals surface area contributed by atoms with Gasteiger partial charge in [-0.25, -0.2) is 4.39 Å². The van der Waals surface area contributed by atoms with Gasteiger partial charge in [-0.05, 0) is 6.92 Å². The molecule has 1 atom stereocenters. The average Bonchev–Trinajstić information content (AvgIpc) is 1.36. The zero-order valence-electron chi connectivity index (χ0n) is 3.24. The third-order valence-electron chi connectivity index (χ3n) is 0.307. The van der Waals surface area contributed by atoms with Crippen molar-refractivity contribution in [3.63, 3.8) is 0 Å². The van der Waals surface area contributed by atoms with Crippen LogP contribution in [0.1, 0.15) is 6.92 Å². The molecule has 6 heavy (non-hydrogen) atoms. The molecule has 0 unspecified atom stereocenters. The Morgan fingerprint density at radius 1 is 2.00 bits per heavy atom. The van der Waals surface area contributed by atoms with E-state index in [2.05, 4.69) is 11.6 Å². The maximum absolute atomic E-state index is 11.2. The zero-order valence-corrected chi connectivity index (χ0v) is 4.00. The normalized spacial score (nSPS) is 13.8. The van der Waals surface area contributed by atoms with Crippen molar-refractivity contribution in [2.75, 3.05) is 0 Å². The summed E-state index contributed by atoms with van der Waals surface area (Å²) in [4.78, 5) is 9.64. The van der Waals surface area contributed by atoms with E-state index < -0.39 is 11.4 Å². The molecular weight excluding hydrogens is 106 g/mol. The van der Waals surface area contributed by atoms with Gasteiger partial charge in [-0.15, -0.1) is 0 Å². The third kappa shape index (κ3) is 2.15. The van der Waals surface area contributed by atoms with Crippen LogP contribution in [0.4, 0.5) is 4.39 Å². The number of carbonyl (C=O) groups excluding carboxylic acids is 1. The van der Waals surface area contributed by atoms with Crippen molar-refractivity contribution in [3.05, 3.63) is 0 Å². The summed E-state index contributed by atoms with van der Waals surface area (Å²) in [7, 11) is 0. The van der Waals surface area contributed by atoms with Crippen molar-refractivity contribution in [1.29, 1.82) is 0 Å². The lowest BCUT2D eigenvalue weighted by Gasteiger charge is -1.83. The van der Waals surface area contributed by atoms with Crippen LogP contribution in [0.3, 0.4) is 0 Å². The fourth-order valence-electron chi connectivity index (χ4n) is 0. The summed E-state index contributed by atoms with van der Waals surface area (Å²) in [5.74, 6) is -0.642. The zero-order chi connectivity index (χ0) is 5.15. The van der Waals surface area contributed by atoms with E-state index in [-0.39, 0.29) is 0 Å². The molecule has 0 aromatic carbocycles. The number of rotatable bonds is 1. The Balaban J connectivity index is 3.26. The molecule has 0 aliphatic rings. The number of hydrogen-bond donors (Lipinski definition) is 0. The summed E-state index contributed by atoms with van der Waals surface area (Å²) in [5.41, 5.74) is -1.81. The molecule has 0 saturated heterocycles. The lowest BCUT2D eigenvalue weighted by molar-refractivity contribution is -0.119. The molecule has 0 aromatic rings. The Morgan fingerprint density at radius 3 is 2.17 bits per heavy atom. The molecule has 0 aliphatic carbocycles. The Kier molecular flexibility index (Phi) is 2.09. The van der Waals surface area contributed by atoms with Crippen molar-refractivity contribution in [1.82, 2.24) is 0 Å². The van der Waals surface area contributed by atoms with Gasteiger partial charge in [-0.3, -0.25) is 4.79 Å². The molecule has 0 spiro atoms. The number of Topliss-reactive ketones (excluding diaryl/α,β-unsaturated/α-hetero) is 1. The molecule has 36 valence electrons. The highest BCUT2D eigenvalue weighted by Gasteiger charge is 2.03. The number of ketones is 1. The molecule has 1 nitrogen and oxygen atoms in total. The van der Waals surface area contributed by atoms with Crippen molar-refractivity contribution >= 4 is 17.4 Å². The average molecular weight is 111 g/mol. The summed E-state index contributed by atoms with van der Waals surface area (Å²) in [6.45, 7) is 1.09. The van der Waals surface area contributed by atoms with Gasteiger partial charge in [0.2, 0.25) is 5.63 Å². The van der Waals surface area contributed by atoms with E-state index in [1.54, 1.807) is 0 Å². The summed E-state index contributed by atoms with van der Waals surface area (Å²) in [6, 6.07) is 0. The van der Waals surface area contributed by atoms with Crippen LogP contribution in [0.5, 0.6) is 0 Å². The van der Waals surface area contributed by atoms with Gasteiger partial charge >= 0.3 is 0 Å². The summed E-state index contributed by atoms with van der Waals surface area (Å²) in [6.07, 6.45) is 0. The van der Waals surface area contributed by atoms with Crippen LogP contribution < -0.4 is 0 Å². The van der Waals surface area contributed by atoms with Gasteiger partial charge in [0.15, 0.2) is 5.78 Å². The van der Waals surface area contributed by atoms with Crippen LogP contribution in [-0.4, -0.2) is 11.4 Å². The highest BCUT2D eigenvalue weighted by molar-refractivity contribution is 6.29. The van der Waals surface area contributed by atoms with E-state index in [1.807, 2.05) is 0 Å². The fourth-order valence-corrected chi connectivity index (χ4v) is 0. The summed E-state index contributed by atoms with van der Waals surface area (Å²) < 4.78 is 11.2. The predicted octanol–water partition coefficient (Wildman–Crippen LogP) is 1.11. The first-order valence-corrected chi connectivity index (χ1v) is 1.87. The van der Waals surface area contributed by atoms with Crippen molar-refractivity contribution in [2.45, 2.75) is 12.6 Å². The molecule has 0 bridgehead atoms. The van der Waals surface area contributed by atoms with Gasteiger partial charge in [-0.2, -0.15) is 0 Å². The largest absolute Gasteiger partial charge is 0.295 e. The lowest BCUT2D eigenvalue weighted by atomic mass is 10.5. The minimum atomic E-state index is -1.81. The van der Waals surface area contributed by atoms with Crippen LogP contribution in [0.25, 0.3) is 0 Å². The van der Waals surface area contributed by atoms with Crippen molar-refractivity contribution < 1.29 is 9.18 Å². The molecule has 0 saturated carbocycles. The topological polar surface area (TPSA) is 17.1 Å². The van der Waals surface area contributed by atoms with Gasteiger partial charge in [0, 0.05) is 0 Å². The van der Waals surface area contributed by atoms with Gasteiger partial charge in [0.05, 0.1) is 0 Å². The summed E-state index contributed by atoms with van der Waals surface area (Å²) >= 11 is 4.60. The molecular formula is C3H4ClFO. The van der Waals surface area contributed by atoms with Crippen molar-refractivity contribution in [3.8, 4) is 0 Å². The second kappa shape index (κ2) is 2.13. The third-order valence-corrected chi connectivity index (χ3v) is 0.615. The van der Waals surface area contributed by atoms with Crippen LogP contribution in [0.2, 0.25) is 0 Å². The van der Waals surface area contributed by atoms with Gasteiger partial charge in [0.1, 0.15) is 0 Å². The first kappa shape index (κ1) is 5.89. The SMILES string of the molecule is CC(=O)[C@@H](F)Cl. The van der Waals surface area contributed by atoms with Crippen molar-refractivity contribution in [2.24, 2.45) is 0 Å². The Bertz CT molecular complexity index is 61.8. The molecule has 0 radical (unpaired) electrons. The van der Waals surface area contributed by atoms with Gasteiger partial charge < -0.3 is 0 Å². The Labute approximate surface area is 40.1 Å². The van der Waals surface area contributed by atoms with Crippen LogP contribution >= 0.6 is 11.6 Å². The molecule has 0 heterocycles. The molecule has 0 amide bonds. The van der Waals surface area contributed by atoms with Crippen LogP contribution in [0, 0.1) is 0 Å². The van der Waals surface area contributed by atoms with E-state index in [4.69, 9.17) is 0 Å². The first-order chi connectivity index (χ1) is 2.64. The number of halogens is 2. The highest BCUT2D eigenvalue weighted by atomic mass is 35.5. The molecule has 0 rings (SSSR count). The predicted molar refractivity (Wildman–Crippen MR) is 21.4 cm³/mol. The quantitative estimate of drug-likeness (QED) is 0.462. The Morgan fingerprint density at radius 2 is 2.17 bits per heavy atom. The van der Waals surface area contributed by atoms with E-state index in [1.165, 1.54) is 0 Å². The van der Waals surface area contributed by atoms with Gasteiger partial charge in [0.25, 0.3) is 0 Å². The standard InChI is InChI=1S/C3H4ClFO/c1-2(6)3(4)5/h3H,1H3/t3-/m1/s1. The number of alkyl halides is 2. The van der Waals surface area contributed by atoms with E-state index in [0.717, 1.165) is 6.92 Å². The minimum absolute atomic E-state index is 0.642. The molecule has 0 fully saturated rings. The second-order valence-corrected chi connectivity index (χ2v) is 1.29. The van der Waals surface area contributed by atoms with E-state index >= 15 is 0 Å². The maximum Gasteiger partial charge on any atom is 0.230 e. The monoisotopic (exact) mass is 110 g/mol. The molecule has 0 N–H and O–H groups in total. The molecule has 0 aromatic heterocycles. The van der Waals surface area contributed by atoms with Gasteiger partial charge in [-0.1, -0.05) is 11.6 Å². The number of hydrogen-bond acceptors (Lipinski definition) is 1. The maximum atomic E-state index is 11.2. The van der Waals surface area contributed by atoms with Crippen LogP contribution in [-0.2, 0) is 4.79 Å². The first-order valence-electron chi connectivity index (χ1n) is 1.43. The van der Waals surface area contributed by atoms with E-state index in [0.29, 0.717) is 0 Å². The smallest absolute Gasteiger partial charge is 0.230 e. The Hall–Kier alpha value is -0.110. The second-order valence-electron chi connectivity index (χ2n) is 0.911. The lowest BCUT2D eigenvalue weighted by Crippen LogP contribution is -2.00. The fraction of sp³-hybridized carbons (Fsp3) is 0.667. The number of carbonyl (C=O) groups is 1. The molecule has 0 aliphatic heterocycles. The minimum Gasteiger partial charge on any atom is -0.295 e. The molecule has 3 heteroatoms. The van der Waals surface area contributed by atoms with Crippen LogP contribution in [0.15, 0.2) is 0 Å². The summed E-state index contributed by atoms with van der Waals surface area (Å²) in [5, 5.41) is 0.